The third-order valence-electron chi connectivity index (χ3n) is 5.32. The first-order valence-electron chi connectivity index (χ1n) is 9.93. The van der Waals surface area contributed by atoms with E-state index in [1.165, 1.54) is 9.13 Å². The van der Waals surface area contributed by atoms with Crippen molar-refractivity contribution in [1.29, 1.82) is 0 Å². The molecule has 0 spiro atoms. The number of hydrogen-bond donors (Lipinski definition) is 0. The fourth-order valence-corrected chi connectivity index (χ4v) is 3.78. The zero-order chi connectivity index (χ0) is 22.3. The van der Waals surface area contributed by atoms with Gasteiger partial charge in [-0.15, -0.1) is 0 Å². The van der Waals surface area contributed by atoms with Crippen molar-refractivity contribution < 1.29 is 14.2 Å². The molecule has 0 radical (unpaired) electrons. The average molecular weight is 427 g/mol. The second kappa shape index (κ2) is 7.95. The van der Waals surface area contributed by atoms with Gasteiger partial charge < -0.3 is 14.2 Å². The summed E-state index contributed by atoms with van der Waals surface area (Å²) in [6, 6.07) is 5.47. The highest BCUT2D eigenvalue weighted by atomic mass is 16.5. The SMILES string of the molecule is CCOCCn1c(=O)c2c(nc3n(-c4ccc(OC)cc4OC)c(C)cn23)n(C)c1=O. The molecule has 0 unspecified atom stereocenters. The molecular formula is C21H25N5O5. The Morgan fingerprint density at radius 2 is 1.90 bits per heavy atom. The molecule has 10 nitrogen and oxygen atoms in total. The zero-order valence-corrected chi connectivity index (χ0v) is 18.2. The molecule has 3 heterocycles. The maximum atomic E-state index is 13.2. The van der Waals surface area contributed by atoms with E-state index in [-0.39, 0.29) is 13.2 Å². The number of aryl methyl sites for hydroxylation is 2. The van der Waals surface area contributed by atoms with Crippen molar-refractivity contribution in [2.45, 2.75) is 20.4 Å². The summed E-state index contributed by atoms with van der Waals surface area (Å²) in [6.07, 6.45) is 1.83. The largest absolute Gasteiger partial charge is 0.497 e. The highest BCUT2D eigenvalue weighted by Gasteiger charge is 2.22. The molecule has 31 heavy (non-hydrogen) atoms. The second-order valence-electron chi connectivity index (χ2n) is 7.09. The van der Waals surface area contributed by atoms with E-state index in [0.29, 0.717) is 35.0 Å². The molecule has 0 atom stereocenters. The summed E-state index contributed by atoms with van der Waals surface area (Å²) in [5.41, 5.74) is 1.42. The van der Waals surface area contributed by atoms with Crippen molar-refractivity contribution in [1.82, 2.24) is 23.1 Å². The number of rotatable bonds is 7. The van der Waals surface area contributed by atoms with Crippen LogP contribution in [-0.4, -0.2) is 50.5 Å². The molecule has 3 aromatic heterocycles. The predicted octanol–water partition coefficient (Wildman–Crippen LogP) is 1.50. The van der Waals surface area contributed by atoms with Crippen LogP contribution in [0, 0.1) is 6.92 Å². The van der Waals surface area contributed by atoms with Gasteiger partial charge in [-0.25, -0.2) is 4.79 Å². The first-order chi connectivity index (χ1) is 14.9. The Kier molecular flexibility index (Phi) is 5.32. The van der Waals surface area contributed by atoms with Crippen molar-refractivity contribution >= 4 is 16.9 Å². The smallest absolute Gasteiger partial charge is 0.332 e. The molecule has 164 valence electrons. The molecule has 0 aliphatic heterocycles. The first-order valence-corrected chi connectivity index (χ1v) is 9.93. The predicted molar refractivity (Wildman–Crippen MR) is 116 cm³/mol. The lowest BCUT2D eigenvalue weighted by Gasteiger charge is -2.12. The summed E-state index contributed by atoms with van der Waals surface area (Å²) in [6.45, 7) is 4.75. The number of imidazole rings is 2. The summed E-state index contributed by atoms with van der Waals surface area (Å²) < 4.78 is 22.4. The summed E-state index contributed by atoms with van der Waals surface area (Å²) >= 11 is 0. The van der Waals surface area contributed by atoms with Crippen molar-refractivity contribution in [2.24, 2.45) is 7.05 Å². The van der Waals surface area contributed by atoms with Gasteiger partial charge in [0.2, 0.25) is 5.78 Å². The summed E-state index contributed by atoms with van der Waals surface area (Å²) in [5.74, 6) is 1.76. The minimum Gasteiger partial charge on any atom is -0.497 e. The highest BCUT2D eigenvalue weighted by Crippen LogP contribution is 2.31. The van der Waals surface area contributed by atoms with Crippen LogP contribution in [0.2, 0.25) is 0 Å². The number of aromatic nitrogens is 5. The molecular weight excluding hydrogens is 402 g/mol. The average Bonchev–Trinajstić information content (AvgIpc) is 3.28. The lowest BCUT2D eigenvalue weighted by atomic mass is 10.2. The minimum absolute atomic E-state index is 0.175. The van der Waals surface area contributed by atoms with Crippen LogP contribution < -0.4 is 20.7 Å². The summed E-state index contributed by atoms with van der Waals surface area (Å²) in [5, 5.41) is 0. The molecule has 0 saturated carbocycles. The topological polar surface area (TPSA) is 93.9 Å². The number of methoxy groups -OCH3 is 2. The van der Waals surface area contributed by atoms with Crippen LogP contribution in [0.15, 0.2) is 34.0 Å². The van der Waals surface area contributed by atoms with Gasteiger partial charge in [-0.2, -0.15) is 4.98 Å². The summed E-state index contributed by atoms with van der Waals surface area (Å²) in [7, 11) is 4.78. The van der Waals surface area contributed by atoms with Crippen molar-refractivity contribution in [2.75, 3.05) is 27.4 Å². The van der Waals surface area contributed by atoms with Gasteiger partial charge in [-0.05, 0) is 26.0 Å². The number of hydrogen-bond acceptors (Lipinski definition) is 6. The molecule has 10 heteroatoms. The maximum absolute atomic E-state index is 13.2. The van der Waals surface area contributed by atoms with Crippen LogP contribution in [0.25, 0.3) is 22.6 Å². The third-order valence-corrected chi connectivity index (χ3v) is 5.32. The van der Waals surface area contributed by atoms with Crippen molar-refractivity contribution in [3.05, 3.63) is 50.9 Å². The molecule has 0 aliphatic rings. The van der Waals surface area contributed by atoms with Gasteiger partial charge in [-0.3, -0.25) is 22.9 Å². The fraction of sp³-hybridized carbons (Fsp3) is 0.381. The van der Waals surface area contributed by atoms with E-state index in [4.69, 9.17) is 14.2 Å². The van der Waals surface area contributed by atoms with Gasteiger partial charge in [0.15, 0.2) is 11.2 Å². The summed E-state index contributed by atoms with van der Waals surface area (Å²) in [4.78, 5) is 30.6. The monoisotopic (exact) mass is 427 g/mol. The number of ether oxygens (including phenoxy) is 3. The van der Waals surface area contributed by atoms with Crippen LogP contribution in [-0.2, 0) is 18.3 Å². The van der Waals surface area contributed by atoms with Crippen molar-refractivity contribution in [3.63, 3.8) is 0 Å². The van der Waals surface area contributed by atoms with Gasteiger partial charge in [0.25, 0.3) is 5.56 Å². The molecule has 0 fully saturated rings. The van der Waals surface area contributed by atoms with E-state index in [1.807, 2.05) is 36.7 Å². The zero-order valence-electron chi connectivity index (χ0n) is 18.2. The normalized spacial score (nSPS) is 11.5. The van der Waals surface area contributed by atoms with Crippen LogP contribution in [0.5, 0.6) is 11.5 Å². The second-order valence-corrected chi connectivity index (χ2v) is 7.09. The minimum atomic E-state index is -0.428. The van der Waals surface area contributed by atoms with E-state index in [2.05, 4.69) is 4.98 Å². The van der Waals surface area contributed by atoms with E-state index >= 15 is 0 Å². The van der Waals surface area contributed by atoms with Crippen LogP contribution in [0.3, 0.4) is 0 Å². The number of benzene rings is 1. The van der Waals surface area contributed by atoms with Gasteiger partial charge in [0.1, 0.15) is 11.5 Å². The lowest BCUT2D eigenvalue weighted by molar-refractivity contribution is 0.137. The van der Waals surface area contributed by atoms with E-state index < -0.39 is 11.2 Å². The molecule has 4 rings (SSSR count). The van der Waals surface area contributed by atoms with Crippen LogP contribution in [0.1, 0.15) is 12.6 Å². The Morgan fingerprint density at radius 3 is 2.58 bits per heavy atom. The first kappa shape index (κ1) is 20.7. The number of nitrogens with zero attached hydrogens (tertiary/aromatic N) is 5. The lowest BCUT2D eigenvalue weighted by Crippen LogP contribution is -2.40. The standard InChI is InChI=1S/C21H25N5O5/c1-6-31-10-9-24-19(27)17-18(23(3)21(24)28)22-20-25(17)12-13(2)26(20)15-8-7-14(29-4)11-16(15)30-5/h7-8,11-12H,6,9-10H2,1-5H3. The quantitative estimate of drug-likeness (QED) is 0.415. The van der Waals surface area contributed by atoms with Gasteiger partial charge in [0, 0.05) is 31.6 Å². The van der Waals surface area contributed by atoms with E-state index in [1.54, 1.807) is 31.7 Å². The fourth-order valence-electron chi connectivity index (χ4n) is 3.78. The van der Waals surface area contributed by atoms with Crippen LogP contribution in [0.4, 0.5) is 0 Å². The molecule has 0 N–H and O–H groups in total. The Hall–Kier alpha value is -3.53. The Morgan fingerprint density at radius 1 is 1.13 bits per heavy atom. The van der Waals surface area contributed by atoms with Gasteiger partial charge in [0.05, 0.1) is 33.1 Å². The molecule has 0 aliphatic carbocycles. The molecule has 0 bridgehead atoms. The van der Waals surface area contributed by atoms with Crippen LogP contribution >= 0.6 is 0 Å². The molecule has 1 aromatic carbocycles. The molecule has 0 saturated heterocycles. The molecule has 0 amide bonds. The Labute approximate surface area is 177 Å². The van der Waals surface area contributed by atoms with E-state index in [0.717, 1.165) is 11.4 Å². The Bertz CT molecular complexity index is 1390. The van der Waals surface area contributed by atoms with Gasteiger partial charge >= 0.3 is 5.69 Å². The van der Waals surface area contributed by atoms with E-state index in [9.17, 15) is 9.59 Å². The van der Waals surface area contributed by atoms with Crippen molar-refractivity contribution in [3.8, 4) is 17.2 Å². The van der Waals surface area contributed by atoms with Gasteiger partial charge in [-0.1, -0.05) is 0 Å². The highest BCUT2D eigenvalue weighted by molar-refractivity contribution is 5.77. The maximum Gasteiger partial charge on any atom is 0.332 e. The third kappa shape index (κ3) is 3.19. The molecule has 4 aromatic rings. The number of fused-ring (bicyclic) bond motifs is 3. The Balaban J connectivity index is 2.01.